The molecule has 1 aromatic rings. The summed E-state index contributed by atoms with van der Waals surface area (Å²) in [4.78, 5) is 16.6. The van der Waals surface area contributed by atoms with Gasteiger partial charge >= 0.3 is 5.97 Å². The molecule has 0 radical (unpaired) electrons. The van der Waals surface area contributed by atoms with Gasteiger partial charge in [0.15, 0.2) is 0 Å². The van der Waals surface area contributed by atoms with Crippen LogP contribution in [-0.2, 0) is 10.0 Å². The third-order valence-corrected chi connectivity index (χ3v) is 4.34. The first-order chi connectivity index (χ1) is 8.88. The summed E-state index contributed by atoms with van der Waals surface area (Å²) in [7, 11) is -3.15. The monoisotopic (exact) mass is 285 g/mol. The molecule has 1 aliphatic rings. The van der Waals surface area contributed by atoms with E-state index in [2.05, 4.69) is 4.98 Å². The lowest BCUT2D eigenvalue weighted by Gasteiger charge is -2.34. The number of aromatic carboxylic acids is 1. The molecule has 0 spiro atoms. The molecular weight excluding hydrogens is 270 g/mol. The second kappa shape index (κ2) is 5.14. The number of sulfonamides is 1. The van der Waals surface area contributed by atoms with Crippen LogP contribution in [0.25, 0.3) is 0 Å². The van der Waals surface area contributed by atoms with E-state index in [0.29, 0.717) is 26.2 Å². The molecule has 7 nitrogen and oxygen atoms in total. The Morgan fingerprint density at radius 1 is 1.32 bits per heavy atom. The number of pyridine rings is 1. The fourth-order valence-corrected chi connectivity index (χ4v) is 2.84. The third kappa shape index (κ3) is 3.21. The predicted octanol–water partition coefficient (Wildman–Crippen LogP) is -0.139. The van der Waals surface area contributed by atoms with Crippen LogP contribution >= 0.6 is 0 Å². The molecule has 0 aliphatic carbocycles. The van der Waals surface area contributed by atoms with Crippen molar-refractivity contribution in [1.29, 1.82) is 0 Å². The Hall–Kier alpha value is -1.67. The maximum Gasteiger partial charge on any atom is 0.354 e. The zero-order valence-corrected chi connectivity index (χ0v) is 11.3. The molecule has 0 atom stereocenters. The van der Waals surface area contributed by atoms with Crippen LogP contribution in [0.15, 0.2) is 18.3 Å². The first-order valence-corrected chi connectivity index (χ1v) is 7.62. The number of rotatable bonds is 3. The number of nitrogens with zero attached hydrogens (tertiary/aromatic N) is 3. The summed E-state index contributed by atoms with van der Waals surface area (Å²) in [5, 5.41) is 8.89. The first-order valence-electron chi connectivity index (χ1n) is 5.77. The topological polar surface area (TPSA) is 90.8 Å². The summed E-state index contributed by atoms with van der Waals surface area (Å²) in [5.74, 6) is -1.07. The Morgan fingerprint density at radius 2 is 1.95 bits per heavy atom. The second-order valence-electron chi connectivity index (χ2n) is 4.35. The summed E-state index contributed by atoms with van der Waals surface area (Å²) in [6.45, 7) is 1.89. The Labute approximate surface area is 111 Å². The van der Waals surface area contributed by atoms with E-state index in [1.165, 1.54) is 22.8 Å². The molecule has 2 heterocycles. The summed E-state index contributed by atoms with van der Waals surface area (Å²) in [6, 6.07) is 3.22. The Bertz CT molecular complexity index is 579. The molecular formula is C11H15N3O4S. The summed E-state index contributed by atoms with van der Waals surface area (Å²) < 4.78 is 24.2. The normalized spacial score (nSPS) is 17.4. The van der Waals surface area contributed by atoms with Crippen molar-refractivity contribution >= 4 is 21.7 Å². The number of carboxylic acid groups (broad SMARTS) is 1. The van der Waals surface area contributed by atoms with E-state index < -0.39 is 16.0 Å². The van der Waals surface area contributed by atoms with E-state index in [-0.39, 0.29) is 5.69 Å². The van der Waals surface area contributed by atoms with Crippen LogP contribution in [0.2, 0.25) is 0 Å². The van der Waals surface area contributed by atoms with Gasteiger partial charge < -0.3 is 10.0 Å². The molecule has 0 aromatic carbocycles. The van der Waals surface area contributed by atoms with Crippen LogP contribution in [0, 0.1) is 0 Å². The van der Waals surface area contributed by atoms with Crippen molar-refractivity contribution in [3.63, 3.8) is 0 Å². The molecule has 1 saturated heterocycles. The molecule has 19 heavy (non-hydrogen) atoms. The highest BCUT2D eigenvalue weighted by Crippen LogP contribution is 2.17. The Balaban J connectivity index is 2.10. The summed E-state index contributed by atoms with van der Waals surface area (Å²) in [5.41, 5.74) is 0.739. The van der Waals surface area contributed by atoms with Crippen LogP contribution in [0.5, 0.6) is 0 Å². The average Bonchev–Trinajstić information content (AvgIpc) is 2.38. The minimum absolute atomic E-state index is 0.0111. The van der Waals surface area contributed by atoms with Gasteiger partial charge in [-0.1, -0.05) is 0 Å². The minimum atomic E-state index is -3.15. The van der Waals surface area contributed by atoms with Gasteiger partial charge in [-0.2, -0.15) is 4.31 Å². The van der Waals surface area contributed by atoms with Gasteiger partial charge in [0.05, 0.1) is 6.26 Å². The first kappa shape index (κ1) is 13.8. The number of piperazine rings is 1. The molecule has 104 valence electrons. The largest absolute Gasteiger partial charge is 0.477 e. The van der Waals surface area contributed by atoms with Crippen LogP contribution in [0.4, 0.5) is 5.69 Å². The van der Waals surface area contributed by atoms with Gasteiger partial charge in [0.25, 0.3) is 0 Å². The lowest BCUT2D eigenvalue weighted by Crippen LogP contribution is -2.48. The summed E-state index contributed by atoms with van der Waals surface area (Å²) >= 11 is 0. The van der Waals surface area contributed by atoms with E-state index in [1.54, 1.807) is 6.07 Å². The molecule has 0 amide bonds. The number of carboxylic acids is 1. The molecule has 0 unspecified atom stereocenters. The highest BCUT2D eigenvalue weighted by Gasteiger charge is 2.23. The van der Waals surface area contributed by atoms with Crippen molar-refractivity contribution in [2.75, 3.05) is 37.3 Å². The van der Waals surface area contributed by atoms with E-state index in [9.17, 15) is 13.2 Å². The number of hydrogen-bond donors (Lipinski definition) is 1. The SMILES string of the molecule is CS(=O)(=O)N1CCN(c2ccnc(C(=O)O)c2)CC1. The van der Waals surface area contributed by atoms with Gasteiger partial charge in [-0.3, -0.25) is 0 Å². The fourth-order valence-electron chi connectivity index (χ4n) is 2.01. The molecule has 1 aliphatic heterocycles. The zero-order chi connectivity index (χ0) is 14.0. The maximum absolute atomic E-state index is 11.4. The molecule has 1 aromatic heterocycles. The smallest absolute Gasteiger partial charge is 0.354 e. The van der Waals surface area contributed by atoms with Gasteiger partial charge in [0.1, 0.15) is 5.69 Å². The van der Waals surface area contributed by atoms with Crippen molar-refractivity contribution in [3.8, 4) is 0 Å². The molecule has 2 rings (SSSR count). The van der Waals surface area contributed by atoms with Crippen molar-refractivity contribution in [3.05, 3.63) is 24.0 Å². The Morgan fingerprint density at radius 3 is 2.47 bits per heavy atom. The second-order valence-corrected chi connectivity index (χ2v) is 6.34. The number of hydrogen-bond acceptors (Lipinski definition) is 5. The van der Waals surface area contributed by atoms with Crippen LogP contribution in [-0.4, -0.2) is 61.2 Å². The molecule has 1 fully saturated rings. The average molecular weight is 285 g/mol. The lowest BCUT2D eigenvalue weighted by molar-refractivity contribution is 0.0690. The molecule has 0 bridgehead atoms. The predicted molar refractivity (Wildman–Crippen MR) is 69.8 cm³/mol. The van der Waals surface area contributed by atoms with Gasteiger partial charge in [-0.25, -0.2) is 18.2 Å². The summed E-state index contributed by atoms with van der Waals surface area (Å²) in [6.07, 6.45) is 2.64. The zero-order valence-electron chi connectivity index (χ0n) is 10.5. The van der Waals surface area contributed by atoms with Gasteiger partial charge in [0.2, 0.25) is 10.0 Å². The minimum Gasteiger partial charge on any atom is -0.477 e. The van der Waals surface area contributed by atoms with E-state index in [4.69, 9.17) is 5.11 Å². The van der Waals surface area contributed by atoms with E-state index >= 15 is 0 Å². The quantitative estimate of drug-likeness (QED) is 0.831. The highest BCUT2D eigenvalue weighted by molar-refractivity contribution is 7.88. The van der Waals surface area contributed by atoms with Gasteiger partial charge in [-0.05, 0) is 12.1 Å². The van der Waals surface area contributed by atoms with E-state index in [0.717, 1.165) is 5.69 Å². The third-order valence-electron chi connectivity index (χ3n) is 3.04. The van der Waals surface area contributed by atoms with Gasteiger partial charge in [-0.15, -0.1) is 0 Å². The number of aromatic nitrogens is 1. The number of anilines is 1. The van der Waals surface area contributed by atoms with E-state index in [1.807, 2.05) is 4.90 Å². The van der Waals surface area contributed by atoms with Crippen molar-refractivity contribution < 1.29 is 18.3 Å². The van der Waals surface area contributed by atoms with Crippen LogP contribution < -0.4 is 4.90 Å². The Kier molecular flexibility index (Phi) is 3.72. The van der Waals surface area contributed by atoms with Crippen molar-refractivity contribution in [1.82, 2.24) is 9.29 Å². The lowest BCUT2D eigenvalue weighted by atomic mass is 10.2. The van der Waals surface area contributed by atoms with Crippen LogP contribution in [0.1, 0.15) is 10.5 Å². The fraction of sp³-hybridized carbons (Fsp3) is 0.455. The maximum atomic E-state index is 11.4. The molecule has 8 heteroatoms. The number of carbonyl (C=O) groups is 1. The molecule has 1 N–H and O–H groups in total. The molecule has 0 saturated carbocycles. The van der Waals surface area contributed by atoms with Crippen molar-refractivity contribution in [2.24, 2.45) is 0 Å². The highest BCUT2D eigenvalue weighted by atomic mass is 32.2. The standard InChI is InChI=1S/C11H15N3O4S/c1-19(17,18)14-6-4-13(5-7-14)9-2-3-12-10(8-9)11(15)16/h2-3,8H,4-7H2,1H3,(H,15,16). The van der Waals surface area contributed by atoms with Crippen molar-refractivity contribution in [2.45, 2.75) is 0 Å². The van der Waals surface area contributed by atoms with Gasteiger partial charge in [0, 0.05) is 38.1 Å². The van der Waals surface area contributed by atoms with Crippen LogP contribution in [0.3, 0.4) is 0 Å².